The van der Waals surface area contributed by atoms with E-state index in [2.05, 4.69) is 32.9 Å². The average Bonchev–Trinajstić information content (AvgIpc) is 2.19. The zero-order valence-corrected chi connectivity index (χ0v) is 9.95. The topological polar surface area (TPSA) is 17.1 Å². The lowest BCUT2D eigenvalue weighted by molar-refractivity contribution is -0.115. The van der Waals surface area contributed by atoms with E-state index < -0.39 is 0 Å². The second-order valence-electron chi connectivity index (χ2n) is 4.44. The van der Waals surface area contributed by atoms with Crippen molar-refractivity contribution in [2.75, 3.05) is 0 Å². The van der Waals surface area contributed by atoms with Crippen LogP contribution in [0.25, 0.3) is 0 Å². The second kappa shape index (κ2) is 4.09. The first-order valence-corrected chi connectivity index (χ1v) is 5.56. The molecule has 16 heavy (non-hydrogen) atoms. The Labute approximate surface area is 96.5 Å². The van der Waals surface area contributed by atoms with Crippen molar-refractivity contribution in [3.8, 4) is 0 Å². The van der Waals surface area contributed by atoms with Gasteiger partial charge >= 0.3 is 0 Å². The van der Waals surface area contributed by atoms with Crippen LogP contribution in [-0.4, -0.2) is 5.78 Å². The van der Waals surface area contributed by atoms with Gasteiger partial charge in [-0.2, -0.15) is 0 Å². The minimum absolute atomic E-state index is 0.0920. The van der Waals surface area contributed by atoms with Crippen LogP contribution >= 0.6 is 0 Å². The Kier molecular flexibility index (Phi) is 2.78. The molecule has 1 aliphatic rings. The number of ketones is 1. The zero-order chi connectivity index (χ0) is 11.7. The first kappa shape index (κ1) is 10.9. The van der Waals surface area contributed by atoms with Gasteiger partial charge in [0.15, 0.2) is 5.78 Å². The first-order chi connectivity index (χ1) is 7.59. The number of aryl methyl sites for hydroxylation is 3. The Morgan fingerprint density at radius 3 is 2.19 bits per heavy atom. The van der Waals surface area contributed by atoms with Gasteiger partial charge in [0.2, 0.25) is 0 Å². The molecular weight excluding hydrogens is 196 g/mol. The summed E-state index contributed by atoms with van der Waals surface area (Å²) in [5.41, 5.74) is 4.82. The molecule has 1 heteroatoms. The molecule has 0 aliphatic heterocycles. The van der Waals surface area contributed by atoms with E-state index in [0.29, 0.717) is 0 Å². The molecule has 2 rings (SSSR count). The smallest absolute Gasteiger partial charge is 0.166 e. The molecule has 0 heterocycles. The first-order valence-electron chi connectivity index (χ1n) is 5.56. The van der Waals surface area contributed by atoms with Gasteiger partial charge in [0.25, 0.3) is 0 Å². The fraction of sp³-hybridized carbons (Fsp3) is 0.267. The van der Waals surface area contributed by atoms with Crippen LogP contribution in [0.1, 0.15) is 28.2 Å². The molecular formula is C15H16O. The summed E-state index contributed by atoms with van der Waals surface area (Å²) in [5, 5.41) is 0. The van der Waals surface area contributed by atoms with Crippen molar-refractivity contribution < 1.29 is 4.79 Å². The molecule has 82 valence electrons. The van der Waals surface area contributed by atoms with Gasteiger partial charge in [-0.3, -0.25) is 4.79 Å². The third-order valence-electron chi connectivity index (χ3n) is 3.03. The molecule has 0 saturated heterocycles. The SMILES string of the molecule is Cc1cc(C)c(C2C=CC=CC2=O)c(C)c1. The summed E-state index contributed by atoms with van der Waals surface area (Å²) in [4.78, 5) is 11.8. The summed E-state index contributed by atoms with van der Waals surface area (Å²) in [6.07, 6.45) is 7.39. The van der Waals surface area contributed by atoms with Crippen LogP contribution in [0.4, 0.5) is 0 Å². The minimum atomic E-state index is -0.0920. The van der Waals surface area contributed by atoms with Crippen LogP contribution in [0.15, 0.2) is 36.4 Å². The van der Waals surface area contributed by atoms with Gasteiger partial charge < -0.3 is 0 Å². The lowest BCUT2D eigenvalue weighted by atomic mass is 9.85. The molecule has 1 aromatic carbocycles. The predicted octanol–water partition coefficient (Wildman–Crippen LogP) is 3.39. The predicted molar refractivity (Wildman–Crippen MR) is 66.7 cm³/mol. The molecule has 0 amide bonds. The lowest BCUT2D eigenvalue weighted by Crippen LogP contribution is -2.12. The molecule has 1 aliphatic carbocycles. The van der Waals surface area contributed by atoms with E-state index in [9.17, 15) is 4.79 Å². The number of hydrogen-bond donors (Lipinski definition) is 0. The quantitative estimate of drug-likeness (QED) is 0.697. The number of carbonyl (C=O) groups excluding carboxylic acids is 1. The molecule has 1 nitrogen and oxygen atoms in total. The molecule has 0 bridgehead atoms. The molecule has 1 atom stereocenters. The van der Waals surface area contributed by atoms with Crippen LogP contribution in [0.3, 0.4) is 0 Å². The van der Waals surface area contributed by atoms with Gasteiger partial charge in [-0.25, -0.2) is 0 Å². The molecule has 0 aromatic heterocycles. The van der Waals surface area contributed by atoms with Crippen molar-refractivity contribution in [2.24, 2.45) is 0 Å². The average molecular weight is 212 g/mol. The standard InChI is InChI=1S/C15H16O/c1-10-8-11(2)15(12(3)9-10)13-6-4-5-7-14(13)16/h4-9,13H,1-3H3. The van der Waals surface area contributed by atoms with E-state index >= 15 is 0 Å². The largest absolute Gasteiger partial charge is 0.294 e. The number of allylic oxidation sites excluding steroid dienone is 4. The van der Waals surface area contributed by atoms with Crippen molar-refractivity contribution >= 4 is 5.78 Å². The van der Waals surface area contributed by atoms with Crippen molar-refractivity contribution in [1.29, 1.82) is 0 Å². The van der Waals surface area contributed by atoms with Crippen LogP contribution < -0.4 is 0 Å². The summed E-state index contributed by atoms with van der Waals surface area (Å²) in [6.45, 7) is 6.24. The van der Waals surface area contributed by atoms with E-state index in [4.69, 9.17) is 0 Å². The van der Waals surface area contributed by atoms with Gasteiger partial charge in [0, 0.05) is 0 Å². The molecule has 0 fully saturated rings. The summed E-state index contributed by atoms with van der Waals surface area (Å²) >= 11 is 0. The maximum absolute atomic E-state index is 11.8. The number of carbonyl (C=O) groups is 1. The highest BCUT2D eigenvalue weighted by Crippen LogP contribution is 2.28. The van der Waals surface area contributed by atoms with Gasteiger partial charge in [0.05, 0.1) is 5.92 Å². The lowest BCUT2D eigenvalue weighted by Gasteiger charge is -2.18. The van der Waals surface area contributed by atoms with E-state index in [-0.39, 0.29) is 11.7 Å². The van der Waals surface area contributed by atoms with Crippen molar-refractivity contribution in [3.63, 3.8) is 0 Å². The molecule has 0 N–H and O–H groups in total. The fourth-order valence-electron chi connectivity index (χ4n) is 2.44. The Morgan fingerprint density at radius 1 is 1.00 bits per heavy atom. The van der Waals surface area contributed by atoms with Crippen LogP contribution in [-0.2, 0) is 4.79 Å². The summed E-state index contributed by atoms with van der Waals surface area (Å²) in [6, 6.07) is 4.28. The molecule has 1 unspecified atom stereocenters. The highest BCUT2D eigenvalue weighted by molar-refractivity contribution is 5.98. The number of rotatable bonds is 1. The Morgan fingerprint density at radius 2 is 1.62 bits per heavy atom. The molecule has 0 spiro atoms. The van der Waals surface area contributed by atoms with Gasteiger partial charge in [-0.05, 0) is 43.5 Å². The number of hydrogen-bond acceptors (Lipinski definition) is 1. The molecule has 1 aromatic rings. The second-order valence-corrected chi connectivity index (χ2v) is 4.44. The normalized spacial score (nSPS) is 19.2. The van der Waals surface area contributed by atoms with Gasteiger partial charge in [-0.15, -0.1) is 0 Å². The highest BCUT2D eigenvalue weighted by Gasteiger charge is 2.20. The third kappa shape index (κ3) is 1.85. The van der Waals surface area contributed by atoms with Crippen molar-refractivity contribution in [1.82, 2.24) is 0 Å². The third-order valence-corrected chi connectivity index (χ3v) is 3.03. The maximum atomic E-state index is 11.8. The Hall–Kier alpha value is -1.63. The Balaban J connectivity index is 2.52. The van der Waals surface area contributed by atoms with E-state index in [1.165, 1.54) is 16.7 Å². The van der Waals surface area contributed by atoms with Gasteiger partial charge in [-0.1, -0.05) is 35.9 Å². The minimum Gasteiger partial charge on any atom is -0.294 e. The summed E-state index contributed by atoms with van der Waals surface area (Å²) in [5.74, 6) is 0.0863. The van der Waals surface area contributed by atoms with Crippen LogP contribution in [0.2, 0.25) is 0 Å². The van der Waals surface area contributed by atoms with Crippen molar-refractivity contribution in [2.45, 2.75) is 26.7 Å². The number of benzene rings is 1. The van der Waals surface area contributed by atoms with Crippen molar-refractivity contribution in [3.05, 3.63) is 58.7 Å². The monoisotopic (exact) mass is 212 g/mol. The van der Waals surface area contributed by atoms with Crippen LogP contribution in [0.5, 0.6) is 0 Å². The van der Waals surface area contributed by atoms with Gasteiger partial charge in [0.1, 0.15) is 0 Å². The maximum Gasteiger partial charge on any atom is 0.166 e. The highest BCUT2D eigenvalue weighted by atomic mass is 16.1. The summed E-state index contributed by atoms with van der Waals surface area (Å²) < 4.78 is 0. The van der Waals surface area contributed by atoms with E-state index in [1.54, 1.807) is 12.2 Å². The van der Waals surface area contributed by atoms with E-state index in [1.807, 2.05) is 12.2 Å². The zero-order valence-electron chi connectivity index (χ0n) is 9.95. The van der Waals surface area contributed by atoms with E-state index in [0.717, 1.165) is 5.56 Å². The van der Waals surface area contributed by atoms with Crippen LogP contribution in [0, 0.1) is 20.8 Å². The molecule has 0 saturated carbocycles. The molecule has 0 radical (unpaired) electrons. The fourth-order valence-corrected chi connectivity index (χ4v) is 2.44. The summed E-state index contributed by atoms with van der Waals surface area (Å²) in [7, 11) is 0. The Bertz CT molecular complexity index is 469.